The third-order valence-corrected chi connectivity index (χ3v) is 4.75. The zero-order chi connectivity index (χ0) is 17.5. The van der Waals surface area contributed by atoms with Gasteiger partial charge in [0.15, 0.2) is 5.15 Å². The summed E-state index contributed by atoms with van der Waals surface area (Å²) in [4.78, 5) is 19.5. The molecule has 7 nitrogen and oxygen atoms in total. The van der Waals surface area contributed by atoms with Gasteiger partial charge in [0.25, 0.3) is 0 Å². The Kier molecular flexibility index (Phi) is 4.69. The molecule has 0 bridgehead atoms. The van der Waals surface area contributed by atoms with E-state index in [0.717, 1.165) is 0 Å². The lowest BCUT2D eigenvalue weighted by Crippen LogP contribution is -2.29. The van der Waals surface area contributed by atoms with Crippen molar-refractivity contribution in [3.05, 3.63) is 15.9 Å². The SMILES string of the molecule is O=C1CN(CCC(F)(F)F)CN1Cc1c(Cl)nc2sc(CO)nn12. The maximum Gasteiger partial charge on any atom is 0.390 e. The third kappa shape index (κ3) is 3.63. The van der Waals surface area contributed by atoms with Crippen molar-refractivity contribution in [3.8, 4) is 0 Å². The Balaban J connectivity index is 1.71. The minimum absolute atomic E-state index is 0.0609. The summed E-state index contributed by atoms with van der Waals surface area (Å²) in [6.45, 7) is -0.342. The number of carbonyl (C=O) groups excluding carboxylic acids is 1. The van der Waals surface area contributed by atoms with Crippen molar-refractivity contribution in [2.75, 3.05) is 19.8 Å². The molecule has 132 valence electrons. The number of aromatic nitrogens is 3. The predicted octanol–water partition coefficient (Wildman–Crippen LogP) is 1.49. The second-order valence-electron chi connectivity index (χ2n) is 5.35. The van der Waals surface area contributed by atoms with E-state index in [1.807, 2.05) is 0 Å². The lowest BCUT2D eigenvalue weighted by molar-refractivity contribution is -0.138. The van der Waals surface area contributed by atoms with E-state index < -0.39 is 12.6 Å². The number of aliphatic hydroxyl groups is 1. The van der Waals surface area contributed by atoms with Gasteiger partial charge in [-0.2, -0.15) is 18.3 Å². The van der Waals surface area contributed by atoms with Crippen molar-refractivity contribution in [1.82, 2.24) is 24.4 Å². The highest BCUT2D eigenvalue weighted by Gasteiger charge is 2.33. The number of alkyl halides is 3. The summed E-state index contributed by atoms with van der Waals surface area (Å²) in [7, 11) is 0. The Morgan fingerprint density at radius 3 is 2.79 bits per heavy atom. The summed E-state index contributed by atoms with van der Waals surface area (Å²) in [5, 5.41) is 13.9. The number of rotatable bonds is 5. The van der Waals surface area contributed by atoms with Crippen molar-refractivity contribution in [3.63, 3.8) is 0 Å². The van der Waals surface area contributed by atoms with Gasteiger partial charge in [0.2, 0.25) is 10.9 Å². The molecular formula is C12H13ClF3N5O2S. The van der Waals surface area contributed by atoms with E-state index in [4.69, 9.17) is 16.7 Å². The van der Waals surface area contributed by atoms with E-state index in [-0.39, 0.29) is 44.0 Å². The van der Waals surface area contributed by atoms with Crippen LogP contribution in [0.5, 0.6) is 0 Å². The summed E-state index contributed by atoms with van der Waals surface area (Å²) < 4.78 is 38.3. The molecule has 1 saturated heterocycles. The van der Waals surface area contributed by atoms with Crippen LogP contribution in [0.1, 0.15) is 17.1 Å². The second-order valence-corrected chi connectivity index (χ2v) is 6.75. The lowest BCUT2D eigenvalue weighted by atomic mass is 10.4. The number of hydrogen-bond acceptors (Lipinski definition) is 6. The van der Waals surface area contributed by atoms with Gasteiger partial charge in [-0.15, -0.1) is 0 Å². The quantitative estimate of drug-likeness (QED) is 0.846. The molecule has 1 aliphatic rings. The van der Waals surface area contributed by atoms with Crippen LogP contribution >= 0.6 is 22.9 Å². The molecule has 0 saturated carbocycles. The van der Waals surface area contributed by atoms with Gasteiger partial charge in [-0.25, -0.2) is 9.50 Å². The second kappa shape index (κ2) is 6.47. The molecule has 1 N–H and O–H groups in total. The van der Waals surface area contributed by atoms with Gasteiger partial charge < -0.3 is 10.0 Å². The maximum atomic E-state index is 12.3. The minimum atomic E-state index is -4.25. The fraction of sp³-hybridized carbons (Fsp3) is 0.583. The highest BCUT2D eigenvalue weighted by molar-refractivity contribution is 7.16. The van der Waals surface area contributed by atoms with E-state index in [1.165, 1.54) is 25.7 Å². The molecule has 3 heterocycles. The molecule has 2 aromatic rings. The van der Waals surface area contributed by atoms with E-state index in [2.05, 4.69) is 10.1 Å². The number of aliphatic hydroxyl groups excluding tert-OH is 1. The summed E-state index contributed by atoms with van der Waals surface area (Å²) in [5.41, 5.74) is 0.466. The van der Waals surface area contributed by atoms with E-state index >= 15 is 0 Å². The summed E-state index contributed by atoms with van der Waals surface area (Å²) in [6.07, 6.45) is -5.21. The molecule has 12 heteroatoms. The number of amides is 1. The molecule has 1 amide bonds. The van der Waals surface area contributed by atoms with Crippen molar-refractivity contribution >= 4 is 33.8 Å². The highest BCUT2D eigenvalue weighted by Crippen LogP contribution is 2.25. The molecule has 3 rings (SSSR count). The van der Waals surface area contributed by atoms with Crippen LogP contribution in [-0.2, 0) is 17.9 Å². The molecule has 0 aliphatic carbocycles. The fourth-order valence-corrected chi connectivity index (χ4v) is 3.46. The first kappa shape index (κ1) is 17.4. The molecule has 0 spiro atoms. The minimum Gasteiger partial charge on any atom is -0.389 e. The number of imidazole rings is 1. The molecular weight excluding hydrogens is 371 g/mol. The predicted molar refractivity (Wildman–Crippen MR) is 79.5 cm³/mol. The van der Waals surface area contributed by atoms with E-state index in [9.17, 15) is 18.0 Å². The van der Waals surface area contributed by atoms with Crippen LogP contribution in [0.2, 0.25) is 5.15 Å². The van der Waals surface area contributed by atoms with Gasteiger partial charge in [-0.3, -0.25) is 9.69 Å². The molecule has 24 heavy (non-hydrogen) atoms. The van der Waals surface area contributed by atoms with E-state index in [1.54, 1.807) is 0 Å². The van der Waals surface area contributed by atoms with Crippen molar-refractivity contribution in [1.29, 1.82) is 0 Å². The molecule has 0 unspecified atom stereocenters. The van der Waals surface area contributed by atoms with Crippen LogP contribution in [0.25, 0.3) is 4.96 Å². The normalized spacial score (nSPS) is 16.7. The largest absolute Gasteiger partial charge is 0.390 e. The van der Waals surface area contributed by atoms with Crippen LogP contribution in [0.3, 0.4) is 0 Å². The van der Waals surface area contributed by atoms with Gasteiger partial charge in [0.1, 0.15) is 10.7 Å². The van der Waals surface area contributed by atoms with Gasteiger partial charge in [-0.05, 0) is 0 Å². The summed E-state index contributed by atoms with van der Waals surface area (Å²) in [5.74, 6) is -0.277. The number of carbonyl (C=O) groups is 1. The first-order valence-electron chi connectivity index (χ1n) is 6.97. The van der Waals surface area contributed by atoms with Crippen LogP contribution < -0.4 is 0 Å². The molecule has 1 aliphatic heterocycles. The van der Waals surface area contributed by atoms with Crippen LogP contribution in [-0.4, -0.2) is 61.3 Å². The highest BCUT2D eigenvalue weighted by atomic mass is 35.5. The number of hydrogen-bond donors (Lipinski definition) is 1. The zero-order valence-electron chi connectivity index (χ0n) is 12.3. The van der Waals surface area contributed by atoms with Crippen molar-refractivity contribution in [2.45, 2.75) is 25.7 Å². The molecule has 0 radical (unpaired) electrons. The van der Waals surface area contributed by atoms with E-state index in [0.29, 0.717) is 15.7 Å². The Hall–Kier alpha value is -1.43. The topological polar surface area (TPSA) is 74.0 Å². The molecule has 2 aromatic heterocycles. The standard InChI is InChI=1S/C12H13ClF3N5O2S/c13-10-7(21-11(17-10)24-8(5-22)18-21)3-20-6-19(4-9(20)23)2-1-12(14,15)16/h22H,1-6H2. The maximum absolute atomic E-state index is 12.3. The average molecular weight is 384 g/mol. The van der Waals surface area contributed by atoms with Crippen LogP contribution in [0, 0.1) is 0 Å². The molecule has 1 fully saturated rings. The number of nitrogens with zero attached hydrogens (tertiary/aromatic N) is 5. The number of halogens is 4. The first-order chi connectivity index (χ1) is 11.3. The smallest absolute Gasteiger partial charge is 0.389 e. The Labute approximate surface area is 143 Å². The molecule has 0 atom stereocenters. The Morgan fingerprint density at radius 2 is 2.12 bits per heavy atom. The first-order valence-corrected chi connectivity index (χ1v) is 8.17. The van der Waals surface area contributed by atoms with Crippen molar-refractivity contribution < 1.29 is 23.1 Å². The van der Waals surface area contributed by atoms with Crippen LogP contribution in [0.4, 0.5) is 13.2 Å². The average Bonchev–Trinajstić information content (AvgIpc) is 3.12. The van der Waals surface area contributed by atoms with Gasteiger partial charge in [0.05, 0.1) is 32.8 Å². The van der Waals surface area contributed by atoms with Gasteiger partial charge in [0, 0.05) is 6.54 Å². The summed E-state index contributed by atoms with van der Waals surface area (Å²) in [6, 6.07) is 0. The molecule has 0 aromatic carbocycles. The van der Waals surface area contributed by atoms with Gasteiger partial charge in [-0.1, -0.05) is 22.9 Å². The third-order valence-electron chi connectivity index (χ3n) is 3.56. The Bertz CT molecular complexity index is 762. The number of fused-ring (bicyclic) bond motifs is 1. The monoisotopic (exact) mass is 383 g/mol. The summed E-state index contributed by atoms with van der Waals surface area (Å²) >= 11 is 7.23. The van der Waals surface area contributed by atoms with Crippen LogP contribution in [0.15, 0.2) is 0 Å². The Morgan fingerprint density at radius 1 is 1.38 bits per heavy atom. The van der Waals surface area contributed by atoms with Crippen molar-refractivity contribution in [2.24, 2.45) is 0 Å². The van der Waals surface area contributed by atoms with Gasteiger partial charge >= 0.3 is 6.18 Å². The lowest BCUT2D eigenvalue weighted by Gasteiger charge is -2.18. The fourth-order valence-electron chi connectivity index (χ4n) is 2.42. The zero-order valence-corrected chi connectivity index (χ0v) is 13.8.